The van der Waals surface area contributed by atoms with Crippen molar-refractivity contribution in [1.29, 1.82) is 0 Å². The molecule has 2 unspecified atom stereocenters. The molecule has 1 amide bonds. The van der Waals surface area contributed by atoms with Gasteiger partial charge in [0.2, 0.25) is 5.91 Å². The maximum Gasteiger partial charge on any atom is 0.416 e. The number of hydrogen-bond acceptors (Lipinski definition) is 4. The number of aliphatic hydroxyl groups is 1. The predicted octanol–water partition coefficient (Wildman–Crippen LogP) is 3.26. The molecule has 3 N–H and O–H groups in total. The summed E-state index contributed by atoms with van der Waals surface area (Å²) in [5, 5.41) is 17.0. The molecule has 0 bridgehead atoms. The van der Waals surface area contributed by atoms with E-state index in [4.69, 9.17) is 4.74 Å². The van der Waals surface area contributed by atoms with Crippen LogP contribution in [0, 0.1) is 11.8 Å². The monoisotopic (exact) mass is 428 g/mol. The molecule has 5 nitrogen and oxygen atoms in total. The highest BCUT2D eigenvalue weighted by atomic mass is 19.4. The Morgan fingerprint density at radius 1 is 1.17 bits per heavy atom. The summed E-state index contributed by atoms with van der Waals surface area (Å²) in [5.74, 6) is -0.847. The van der Waals surface area contributed by atoms with Gasteiger partial charge in [-0.2, -0.15) is 13.2 Å². The summed E-state index contributed by atoms with van der Waals surface area (Å²) in [7, 11) is 0. The first kappa shape index (κ1) is 23.0. The lowest BCUT2D eigenvalue weighted by molar-refractivity contribution is -0.137. The van der Waals surface area contributed by atoms with Crippen molar-refractivity contribution in [1.82, 2.24) is 10.6 Å². The first-order valence-electron chi connectivity index (χ1n) is 10.5. The number of rotatable bonds is 6. The Hall–Kier alpha value is -1.64. The predicted molar refractivity (Wildman–Crippen MR) is 107 cm³/mol. The van der Waals surface area contributed by atoms with Crippen LogP contribution in [0.4, 0.5) is 13.2 Å². The fourth-order valence-electron chi connectivity index (χ4n) is 4.62. The second-order valence-corrected chi connectivity index (χ2v) is 9.00. The maximum absolute atomic E-state index is 12.9. The Bertz CT molecular complexity index is 727. The van der Waals surface area contributed by atoms with E-state index in [1.807, 2.05) is 0 Å². The van der Waals surface area contributed by atoms with Crippen molar-refractivity contribution in [2.75, 3.05) is 13.2 Å². The number of amides is 1. The van der Waals surface area contributed by atoms with Gasteiger partial charge >= 0.3 is 6.18 Å². The molecule has 1 heterocycles. The van der Waals surface area contributed by atoms with Gasteiger partial charge in [0, 0.05) is 43.7 Å². The highest BCUT2D eigenvalue weighted by molar-refractivity contribution is 5.79. The zero-order chi connectivity index (χ0) is 21.9. The lowest BCUT2D eigenvalue weighted by Crippen LogP contribution is -2.41. The third-order valence-corrected chi connectivity index (χ3v) is 6.22. The number of hydrogen-bond donors (Lipinski definition) is 3. The maximum atomic E-state index is 12.9. The molecule has 3 rings (SSSR count). The fraction of sp³-hybridized carbons (Fsp3) is 0.682. The molecule has 0 spiro atoms. The highest BCUT2D eigenvalue weighted by Gasteiger charge is 2.45. The van der Waals surface area contributed by atoms with E-state index in [0.717, 1.165) is 38.2 Å². The standard InChI is InChI=1S/C22H31F3N2O3/c1-21(2,29)19-12-17(27-16-6-8-30-9-7-16)11-18(19)20(28)26-13-14-4-3-5-15(10-14)22(23,24)25/h3-5,10,16-19,27,29H,6-9,11-13H2,1-2H3,(H,26,28)/t17?,18-,19?/m1/s1. The molecule has 1 aromatic carbocycles. The Kier molecular flexibility index (Phi) is 7.09. The average Bonchev–Trinajstić information content (AvgIpc) is 3.11. The first-order valence-corrected chi connectivity index (χ1v) is 10.5. The number of benzene rings is 1. The number of halogens is 3. The van der Waals surface area contributed by atoms with Gasteiger partial charge in [0.05, 0.1) is 11.2 Å². The molecule has 30 heavy (non-hydrogen) atoms. The van der Waals surface area contributed by atoms with Crippen LogP contribution in [0.15, 0.2) is 24.3 Å². The molecule has 1 saturated carbocycles. The molecule has 1 aliphatic carbocycles. The SMILES string of the molecule is CC(C)(O)C1CC(NC2CCOCC2)C[C@H]1C(=O)NCc1cccc(C(F)(F)F)c1. The van der Waals surface area contributed by atoms with E-state index in [0.29, 0.717) is 24.4 Å². The van der Waals surface area contributed by atoms with Crippen molar-refractivity contribution in [2.45, 2.75) is 69.9 Å². The van der Waals surface area contributed by atoms with Crippen molar-refractivity contribution in [3.63, 3.8) is 0 Å². The molecular weight excluding hydrogens is 397 g/mol. The van der Waals surface area contributed by atoms with Gasteiger partial charge in [-0.15, -0.1) is 0 Å². The molecule has 168 valence electrons. The topological polar surface area (TPSA) is 70.6 Å². The minimum Gasteiger partial charge on any atom is -0.390 e. The van der Waals surface area contributed by atoms with Gasteiger partial charge < -0.3 is 20.5 Å². The minimum atomic E-state index is -4.42. The summed E-state index contributed by atoms with van der Waals surface area (Å²) in [4.78, 5) is 12.9. The van der Waals surface area contributed by atoms with Gasteiger partial charge in [0.25, 0.3) is 0 Å². The van der Waals surface area contributed by atoms with E-state index >= 15 is 0 Å². The van der Waals surface area contributed by atoms with Crippen molar-refractivity contribution in [3.05, 3.63) is 35.4 Å². The van der Waals surface area contributed by atoms with E-state index in [1.54, 1.807) is 19.9 Å². The summed E-state index contributed by atoms with van der Waals surface area (Å²) in [6.07, 6.45) is -1.28. The Labute approximate surface area is 175 Å². The van der Waals surface area contributed by atoms with Crippen LogP contribution in [0.1, 0.15) is 50.7 Å². The molecule has 2 fully saturated rings. The number of alkyl halides is 3. The van der Waals surface area contributed by atoms with E-state index < -0.39 is 23.3 Å². The summed E-state index contributed by atoms with van der Waals surface area (Å²) < 4.78 is 44.1. The smallest absolute Gasteiger partial charge is 0.390 e. The molecule has 3 atom stereocenters. The van der Waals surface area contributed by atoms with Gasteiger partial charge in [-0.3, -0.25) is 4.79 Å². The van der Waals surface area contributed by atoms with Crippen LogP contribution in [0.5, 0.6) is 0 Å². The van der Waals surface area contributed by atoms with Gasteiger partial charge in [-0.1, -0.05) is 12.1 Å². The lowest BCUT2D eigenvalue weighted by atomic mass is 9.82. The normalized spacial score (nSPS) is 26.0. The molecule has 2 aliphatic rings. The first-order chi connectivity index (χ1) is 14.0. The third kappa shape index (κ3) is 5.95. The fourth-order valence-corrected chi connectivity index (χ4v) is 4.62. The van der Waals surface area contributed by atoms with Crippen LogP contribution >= 0.6 is 0 Å². The van der Waals surface area contributed by atoms with E-state index in [-0.39, 0.29) is 24.4 Å². The quantitative estimate of drug-likeness (QED) is 0.651. The van der Waals surface area contributed by atoms with Crippen LogP contribution in [0.3, 0.4) is 0 Å². The second-order valence-electron chi connectivity index (χ2n) is 9.00. The van der Waals surface area contributed by atoms with Crippen LogP contribution in [-0.4, -0.2) is 41.9 Å². The molecule has 0 radical (unpaired) electrons. The summed E-state index contributed by atoms with van der Waals surface area (Å²) >= 11 is 0. The average molecular weight is 428 g/mol. The van der Waals surface area contributed by atoms with Crippen molar-refractivity contribution >= 4 is 5.91 Å². The summed E-state index contributed by atoms with van der Waals surface area (Å²) in [6.45, 7) is 4.89. The van der Waals surface area contributed by atoms with Crippen LogP contribution in [0.25, 0.3) is 0 Å². The van der Waals surface area contributed by atoms with Crippen molar-refractivity contribution in [2.24, 2.45) is 11.8 Å². The Morgan fingerprint density at radius 2 is 1.87 bits per heavy atom. The number of carbonyl (C=O) groups is 1. The number of ether oxygens (including phenoxy) is 1. The van der Waals surface area contributed by atoms with Crippen LogP contribution in [0.2, 0.25) is 0 Å². The van der Waals surface area contributed by atoms with Crippen LogP contribution < -0.4 is 10.6 Å². The summed E-state index contributed by atoms with van der Waals surface area (Å²) in [5.41, 5.74) is -1.36. The molecule has 8 heteroatoms. The van der Waals surface area contributed by atoms with E-state index in [1.165, 1.54) is 6.07 Å². The second kappa shape index (κ2) is 9.24. The molecule has 1 aliphatic heterocycles. The molecule has 1 aromatic rings. The zero-order valence-corrected chi connectivity index (χ0v) is 17.5. The van der Waals surface area contributed by atoms with Gasteiger partial charge in [0.1, 0.15) is 0 Å². The minimum absolute atomic E-state index is 0.0237. The lowest BCUT2D eigenvalue weighted by Gasteiger charge is -2.30. The van der Waals surface area contributed by atoms with Crippen molar-refractivity contribution < 1.29 is 27.8 Å². The Balaban J connectivity index is 1.62. The third-order valence-electron chi connectivity index (χ3n) is 6.22. The van der Waals surface area contributed by atoms with Gasteiger partial charge in [-0.25, -0.2) is 0 Å². The van der Waals surface area contributed by atoms with Gasteiger partial charge in [0.15, 0.2) is 0 Å². The number of carbonyl (C=O) groups excluding carboxylic acids is 1. The Morgan fingerprint density at radius 3 is 2.50 bits per heavy atom. The molecule has 1 saturated heterocycles. The van der Waals surface area contributed by atoms with E-state index in [2.05, 4.69) is 10.6 Å². The van der Waals surface area contributed by atoms with Crippen molar-refractivity contribution in [3.8, 4) is 0 Å². The largest absolute Gasteiger partial charge is 0.416 e. The molecular formula is C22H31F3N2O3. The van der Waals surface area contributed by atoms with Crippen LogP contribution in [-0.2, 0) is 22.3 Å². The zero-order valence-electron chi connectivity index (χ0n) is 17.5. The highest BCUT2D eigenvalue weighted by Crippen LogP contribution is 2.40. The summed E-state index contributed by atoms with van der Waals surface area (Å²) in [6, 6.07) is 5.43. The number of nitrogens with one attached hydrogen (secondary N) is 2. The molecule has 0 aromatic heterocycles. The van der Waals surface area contributed by atoms with E-state index in [9.17, 15) is 23.1 Å². The van der Waals surface area contributed by atoms with Gasteiger partial charge in [-0.05, 0) is 57.2 Å².